The van der Waals surface area contributed by atoms with E-state index in [-0.39, 0.29) is 0 Å². The molecule has 0 atom stereocenters. The van der Waals surface area contributed by atoms with Crippen molar-refractivity contribution in [3.05, 3.63) is 24.0 Å². The van der Waals surface area contributed by atoms with Crippen LogP contribution in [-0.2, 0) is 0 Å². The van der Waals surface area contributed by atoms with Crippen LogP contribution in [0.5, 0.6) is 0 Å². The van der Waals surface area contributed by atoms with Crippen LogP contribution in [0.1, 0.15) is 6.92 Å². The minimum Gasteiger partial charge on any atom is -0.303 e. The molecule has 0 aliphatic rings. The third-order valence-corrected chi connectivity index (χ3v) is 1.12. The molecule has 0 saturated carbocycles. The van der Waals surface area contributed by atoms with E-state index < -0.39 is 0 Å². The van der Waals surface area contributed by atoms with E-state index in [9.17, 15) is 0 Å². The maximum Gasteiger partial charge on any atom is 0.0552 e. The summed E-state index contributed by atoms with van der Waals surface area (Å²) in [5.41, 5.74) is 6.24. The Kier molecular flexibility index (Phi) is 5.51. The van der Waals surface area contributed by atoms with Crippen LogP contribution in [0.25, 0.3) is 0 Å². The standard InChI is InChI=1S/C5H12N8/c1-4(3-8-12-10-6)5(2)9-13-11-7/h3H,2H2,1H3,(H2,6,12)(H2,7,13)(H,8,10)(H,9,11)/b4-3-. The van der Waals surface area contributed by atoms with Gasteiger partial charge in [0.2, 0.25) is 0 Å². The fourth-order valence-corrected chi connectivity index (χ4v) is 0.424. The molecule has 8 heteroatoms. The number of hydrogen-bond donors (Lipinski definition) is 4. The number of rotatable bonds is 5. The van der Waals surface area contributed by atoms with Crippen molar-refractivity contribution in [3.8, 4) is 0 Å². The van der Waals surface area contributed by atoms with E-state index in [2.05, 4.69) is 38.3 Å². The Balaban J connectivity index is 4.00. The van der Waals surface area contributed by atoms with Gasteiger partial charge in [-0.05, 0) is 12.5 Å². The van der Waals surface area contributed by atoms with Gasteiger partial charge in [-0.3, -0.25) is 10.9 Å². The van der Waals surface area contributed by atoms with E-state index in [0.717, 1.165) is 5.57 Å². The molecule has 0 amide bonds. The zero-order chi connectivity index (χ0) is 10.1. The van der Waals surface area contributed by atoms with E-state index in [1.807, 2.05) is 0 Å². The van der Waals surface area contributed by atoms with Gasteiger partial charge >= 0.3 is 0 Å². The molecule has 0 aliphatic carbocycles. The molecule has 0 aromatic rings. The summed E-state index contributed by atoms with van der Waals surface area (Å²) in [7, 11) is 0. The second-order valence-corrected chi connectivity index (χ2v) is 1.98. The molecule has 13 heavy (non-hydrogen) atoms. The van der Waals surface area contributed by atoms with Crippen molar-refractivity contribution >= 4 is 0 Å². The Morgan fingerprint density at radius 3 is 2.46 bits per heavy atom. The van der Waals surface area contributed by atoms with E-state index in [1.54, 1.807) is 6.92 Å². The highest BCUT2D eigenvalue weighted by atomic mass is 15.5. The lowest BCUT2D eigenvalue weighted by molar-refractivity contribution is 0.776. The fourth-order valence-electron chi connectivity index (χ4n) is 0.424. The van der Waals surface area contributed by atoms with Gasteiger partial charge in [-0.1, -0.05) is 27.5 Å². The number of allylic oxidation sites excluding steroid dienone is 1. The summed E-state index contributed by atoms with van der Waals surface area (Å²) in [6.07, 6.45) is 1.54. The summed E-state index contributed by atoms with van der Waals surface area (Å²) in [5, 5.41) is 12.6. The van der Waals surface area contributed by atoms with Crippen LogP contribution in [0.2, 0.25) is 0 Å². The zero-order valence-electron chi connectivity index (χ0n) is 7.23. The predicted octanol–water partition coefficient (Wildman–Crippen LogP) is 0.0649. The van der Waals surface area contributed by atoms with Crippen LogP contribution >= 0.6 is 0 Å². The molecule has 0 unspecified atom stereocenters. The van der Waals surface area contributed by atoms with Crippen molar-refractivity contribution in [2.75, 3.05) is 0 Å². The summed E-state index contributed by atoms with van der Waals surface area (Å²) in [4.78, 5) is 0. The fraction of sp³-hybridized carbons (Fsp3) is 0.200. The summed E-state index contributed by atoms with van der Waals surface area (Å²) in [6.45, 7) is 5.42. The van der Waals surface area contributed by atoms with Crippen molar-refractivity contribution in [3.63, 3.8) is 0 Å². The molecule has 8 nitrogen and oxygen atoms in total. The first-order valence-corrected chi connectivity index (χ1v) is 3.29. The Bertz CT molecular complexity index is 239. The summed E-state index contributed by atoms with van der Waals surface area (Å²) in [5.74, 6) is 9.52. The van der Waals surface area contributed by atoms with Crippen molar-refractivity contribution in [1.82, 2.24) is 10.9 Å². The molecule has 0 fully saturated rings. The average molecular weight is 184 g/mol. The van der Waals surface area contributed by atoms with Gasteiger partial charge in [-0.25, -0.2) is 0 Å². The normalized spacial score (nSPS) is 12.2. The van der Waals surface area contributed by atoms with E-state index in [1.165, 1.54) is 6.20 Å². The highest BCUT2D eigenvalue weighted by Crippen LogP contribution is 2.00. The molecule has 0 rings (SSSR count). The third-order valence-electron chi connectivity index (χ3n) is 1.12. The molecule has 6 N–H and O–H groups in total. The first-order valence-electron chi connectivity index (χ1n) is 3.29. The minimum atomic E-state index is 0.536. The maximum atomic E-state index is 4.77. The Morgan fingerprint density at radius 2 is 1.92 bits per heavy atom. The van der Waals surface area contributed by atoms with Crippen LogP contribution < -0.4 is 22.5 Å². The van der Waals surface area contributed by atoms with Gasteiger partial charge in [0, 0.05) is 6.20 Å². The maximum absolute atomic E-state index is 4.77. The molecule has 0 aromatic carbocycles. The van der Waals surface area contributed by atoms with Gasteiger partial charge in [-0.2, -0.15) is 0 Å². The van der Waals surface area contributed by atoms with Gasteiger partial charge < -0.3 is 11.7 Å². The van der Waals surface area contributed by atoms with E-state index in [0.29, 0.717) is 5.70 Å². The Labute approximate surface area is 75.4 Å². The Hall–Kier alpha value is -2.12. The van der Waals surface area contributed by atoms with Crippen LogP contribution in [0.15, 0.2) is 44.9 Å². The molecule has 0 heterocycles. The summed E-state index contributed by atoms with van der Waals surface area (Å²) < 4.78 is 0. The lowest BCUT2D eigenvalue weighted by Gasteiger charge is -2.02. The SMILES string of the molecule is C=C(N/N=N\N)/C(C)=C\N/N=N\N. The van der Waals surface area contributed by atoms with Crippen LogP contribution in [-0.4, -0.2) is 0 Å². The van der Waals surface area contributed by atoms with E-state index >= 15 is 0 Å². The van der Waals surface area contributed by atoms with Gasteiger partial charge in [0.15, 0.2) is 0 Å². The molecular formula is C5H12N8. The monoisotopic (exact) mass is 184 g/mol. The number of nitrogens with zero attached hydrogens (tertiary/aromatic N) is 4. The van der Waals surface area contributed by atoms with E-state index in [4.69, 9.17) is 11.7 Å². The molecule has 72 valence electrons. The minimum absolute atomic E-state index is 0.536. The smallest absolute Gasteiger partial charge is 0.0552 e. The van der Waals surface area contributed by atoms with Crippen molar-refractivity contribution < 1.29 is 0 Å². The lowest BCUT2D eigenvalue weighted by Crippen LogP contribution is -2.07. The van der Waals surface area contributed by atoms with Gasteiger partial charge in [0.05, 0.1) is 5.70 Å². The quantitative estimate of drug-likeness (QED) is 0.208. The first kappa shape index (κ1) is 10.9. The van der Waals surface area contributed by atoms with Crippen LogP contribution in [0, 0.1) is 0 Å². The lowest BCUT2D eigenvalue weighted by atomic mass is 10.3. The number of nitrogens with one attached hydrogen (secondary N) is 2. The molecule has 0 aliphatic heterocycles. The first-order chi connectivity index (χ1) is 6.22. The van der Waals surface area contributed by atoms with Crippen molar-refractivity contribution in [1.29, 1.82) is 0 Å². The number of nitrogens with two attached hydrogens (primary N) is 2. The molecular weight excluding hydrogens is 172 g/mol. The van der Waals surface area contributed by atoms with Crippen LogP contribution in [0.4, 0.5) is 0 Å². The second-order valence-electron chi connectivity index (χ2n) is 1.98. The molecule has 0 spiro atoms. The van der Waals surface area contributed by atoms with Crippen molar-refractivity contribution in [2.45, 2.75) is 6.92 Å². The third kappa shape index (κ3) is 5.18. The second kappa shape index (κ2) is 6.58. The molecule has 0 bridgehead atoms. The predicted molar refractivity (Wildman–Crippen MR) is 47.3 cm³/mol. The van der Waals surface area contributed by atoms with Gasteiger partial charge in [0.25, 0.3) is 0 Å². The summed E-state index contributed by atoms with van der Waals surface area (Å²) >= 11 is 0. The molecule has 0 radical (unpaired) electrons. The van der Waals surface area contributed by atoms with Gasteiger partial charge in [0.1, 0.15) is 0 Å². The summed E-state index contributed by atoms with van der Waals surface area (Å²) in [6, 6.07) is 0. The number of hydrogen-bond acceptors (Lipinski definition) is 4. The largest absolute Gasteiger partial charge is 0.303 e. The highest BCUT2D eigenvalue weighted by Gasteiger charge is 1.93. The molecule has 0 aromatic heterocycles. The highest BCUT2D eigenvalue weighted by molar-refractivity contribution is 5.22. The van der Waals surface area contributed by atoms with Crippen LogP contribution in [0.3, 0.4) is 0 Å². The van der Waals surface area contributed by atoms with Crippen molar-refractivity contribution in [2.24, 2.45) is 32.6 Å². The molecule has 0 saturated heterocycles. The average Bonchev–Trinajstić information content (AvgIpc) is 2.14. The topological polar surface area (TPSA) is 126 Å². The zero-order valence-corrected chi connectivity index (χ0v) is 7.23. The van der Waals surface area contributed by atoms with Gasteiger partial charge in [-0.15, -0.1) is 0 Å². The Morgan fingerprint density at radius 1 is 1.31 bits per heavy atom.